The van der Waals surface area contributed by atoms with Crippen LogP contribution in [0.4, 0.5) is 4.39 Å². The van der Waals surface area contributed by atoms with Crippen molar-refractivity contribution in [2.24, 2.45) is 5.10 Å². The molecule has 0 aliphatic heterocycles. The van der Waals surface area contributed by atoms with Gasteiger partial charge in [-0.15, -0.1) is 0 Å². The van der Waals surface area contributed by atoms with Gasteiger partial charge in [0, 0.05) is 10.9 Å². The maximum absolute atomic E-state index is 13.9. The molecule has 0 fully saturated rings. The normalized spacial score (nSPS) is 11.2. The molecule has 0 saturated carbocycles. The van der Waals surface area contributed by atoms with Crippen molar-refractivity contribution < 1.29 is 9.18 Å². The van der Waals surface area contributed by atoms with Gasteiger partial charge in [0.1, 0.15) is 5.82 Å². The molecule has 1 heterocycles. The highest BCUT2D eigenvalue weighted by molar-refractivity contribution is 6.33. The van der Waals surface area contributed by atoms with Gasteiger partial charge in [0.05, 0.1) is 23.2 Å². The number of rotatable bonds is 5. The molecule has 3 aromatic carbocycles. The van der Waals surface area contributed by atoms with Crippen molar-refractivity contribution in [2.75, 3.05) is 0 Å². The summed E-state index contributed by atoms with van der Waals surface area (Å²) >= 11 is 5.96. The van der Waals surface area contributed by atoms with Gasteiger partial charge in [-0.3, -0.25) is 9.59 Å². The topological polar surface area (TPSA) is 76.3 Å². The maximum atomic E-state index is 13.9. The summed E-state index contributed by atoms with van der Waals surface area (Å²) in [6.07, 6.45) is 1.12. The van der Waals surface area contributed by atoms with Crippen molar-refractivity contribution in [3.63, 3.8) is 0 Å². The molecular weight excluding hydrogens is 419 g/mol. The molecule has 0 unspecified atom stereocenters. The quantitative estimate of drug-likeness (QED) is 0.381. The Hall–Kier alpha value is -3.84. The van der Waals surface area contributed by atoms with Crippen molar-refractivity contribution in [2.45, 2.75) is 6.54 Å². The number of amides is 1. The first-order chi connectivity index (χ1) is 15.0. The van der Waals surface area contributed by atoms with E-state index in [0.717, 1.165) is 11.8 Å². The Balaban J connectivity index is 1.69. The highest BCUT2D eigenvalue weighted by Gasteiger charge is 2.16. The lowest BCUT2D eigenvalue weighted by molar-refractivity contribution is 0.0949. The van der Waals surface area contributed by atoms with E-state index in [1.807, 2.05) is 30.3 Å². The molecule has 31 heavy (non-hydrogen) atoms. The fourth-order valence-electron chi connectivity index (χ4n) is 3.11. The molecule has 0 aliphatic carbocycles. The molecule has 4 aromatic rings. The van der Waals surface area contributed by atoms with E-state index in [-0.39, 0.29) is 28.4 Å². The van der Waals surface area contributed by atoms with Gasteiger partial charge in [0.25, 0.3) is 11.5 Å². The van der Waals surface area contributed by atoms with E-state index >= 15 is 0 Å². The molecule has 4 rings (SSSR count). The summed E-state index contributed by atoms with van der Waals surface area (Å²) in [5.74, 6) is -1.20. The van der Waals surface area contributed by atoms with Gasteiger partial charge in [-0.2, -0.15) is 10.2 Å². The SMILES string of the molecule is O=C(N/N=C/c1c(F)cccc1Cl)c1nn(Cc2ccccc2)c(=O)c2ccccc12. The average molecular weight is 435 g/mol. The lowest BCUT2D eigenvalue weighted by atomic mass is 10.1. The molecule has 1 N–H and O–H groups in total. The summed E-state index contributed by atoms with van der Waals surface area (Å²) in [5.41, 5.74) is 2.97. The number of halogens is 2. The van der Waals surface area contributed by atoms with Gasteiger partial charge in [0.2, 0.25) is 0 Å². The Bertz CT molecular complexity index is 1330. The number of carbonyl (C=O) groups is 1. The van der Waals surface area contributed by atoms with E-state index < -0.39 is 11.7 Å². The lowest BCUT2D eigenvalue weighted by Crippen LogP contribution is -2.29. The Morgan fingerprint density at radius 2 is 1.74 bits per heavy atom. The zero-order valence-corrected chi connectivity index (χ0v) is 16.9. The monoisotopic (exact) mass is 434 g/mol. The third-order valence-electron chi connectivity index (χ3n) is 4.62. The van der Waals surface area contributed by atoms with E-state index in [1.54, 1.807) is 24.3 Å². The van der Waals surface area contributed by atoms with Crippen molar-refractivity contribution in [3.05, 3.63) is 111 Å². The number of hydrazone groups is 1. The highest BCUT2D eigenvalue weighted by Crippen LogP contribution is 2.17. The summed E-state index contributed by atoms with van der Waals surface area (Å²) in [5, 5.41) is 9.00. The average Bonchev–Trinajstić information content (AvgIpc) is 2.78. The van der Waals surface area contributed by atoms with E-state index in [2.05, 4.69) is 15.6 Å². The number of nitrogens with one attached hydrogen (secondary N) is 1. The van der Waals surface area contributed by atoms with Crippen molar-refractivity contribution in [1.82, 2.24) is 15.2 Å². The summed E-state index contributed by atoms with van der Waals surface area (Å²) in [7, 11) is 0. The molecule has 6 nitrogen and oxygen atoms in total. The van der Waals surface area contributed by atoms with Crippen LogP contribution < -0.4 is 11.0 Å². The fraction of sp³-hybridized carbons (Fsp3) is 0.0435. The van der Waals surface area contributed by atoms with Crippen LogP contribution in [-0.2, 0) is 6.54 Å². The predicted octanol–water partition coefficient (Wildman–Crippen LogP) is 4.00. The Morgan fingerprint density at radius 3 is 2.48 bits per heavy atom. The lowest BCUT2D eigenvalue weighted by Gasteiger charge is -2.10. The molecule has 8 heteroatoms. The van der Waals surface area contributed by atoms with Crippen LogP contribution in [0.5, 0.6) is 0 Å². The zero-order chi connectivity index (χ0) is 21.8. The number of hydrogen-bond donors (Lipinski definition) is 1. The first-order valence-electron chi connectivity index (χ1n) is 9.36. The van der Waals surface area contributed by atoms with Crippen LogP contribution in [-0.4, -0.2) is 21.9 Å². The van der Waals surface area contributed by atoms with Crippen LogP contribution in [0, 0.1) is 5.82 Å². The van der Waals surface area contributed by atoms with Crippen LogP contribution in [0.25, 0.3) is 10.8 Å². The van der Waals surface area contributed by atoms with Gasteiger partial charge in [-0.05, 0) is 23.8 Å². The number of fused-ring (bicyclic) bond motifs is 1. The third-order valence-corrected chi connectivity index (χ3v) is 4.95. The summed E-state index contributed by atoms with van der Waals surface area (Å²) in [6, 6.07) is 20.3. The molecule has 1 aromatic heterocycles. The second kappa shape index (κ2) is 8.89. The van der Waals surface area contributed by atoms with Gasteiger partial charge < -0.3 is 0 Å². The second-order valence-electron chi connectivity index (χ2n) is 6.68. The number of hydrogen-bond acceptors (Lipinski definition) is 4. The third kappa shape index (κ3) is 4.36. The number of carbonyl (C=O) groups excluding carboxylic acids is 1. The van der Waals surface area contributed by atoms with Crippen molar-refractivity contribution >= 4 is 34.5 Å². The van der Waals surface area contributed by atoms with E-state index in [0.29, 0.717) is 10.8 Å². The number of aromatic nitrogens is 2. The van der Waals surface area contributed by atoms with Crippen LogP contribution in [0.15, 0.2) is 82.7 Å². The molecule has 0 spiro atoms. The Kier molecular flexibility index (Phi) is 5.86. The van der Waals surface area contributed by atoms with Crippen LogP contribution in [0.1, 0.15) is 21.6 Å². The van der Waals surface area contributed by atoms with Crippen molar-refractivity contribution in [3.8, 4) is 0 Å². The maximum Gasteiger partial charge on any atom is 0.292 e. The van der Waals surface area contributed by atoms with Gasteiger partial charge >= 0.3 is 0 Å². The van der Waals surface area contributed by atoms with Gasteiger partial charge in [-0.25, -0.2) is 14.5 Å². The largest absolute Gasteiger partial charge is 0.292 e. The van der Waals surface area contributed by atoms with E-state index in [1.165, 1.54) is 22.9 Å². The van der Waals surface area contributed by atoms with Gasteiger partial charge in [-0.1, -0.05) is 66.2 Å². The predicted molar refractivity (Wildman–Crippen MR) is 118 cm³/mol. The smallest absolute Gasteiger partial charge is 0.267 e. The first kappa shape index (κ1) is 20.4. The minimum atomic E-state index is -0.637. The molecule has 1 amide bonds. The summed E-state index contributed by atoms with van der Waals surface area (Å²) < 4.78 is 15.1. The Morgan fingerprint density at radius 1 is 1.03 bits per heavy atom. The first-order valence-corrected chi connectivity index (χ1v) is 9.73. The van der Waals surface area contributed by atoms with Crippen molar-refractivity contribution in [1.29, 1.82) is 0 Å². The Labute approximate surface area is 181 Å². The van der Waals surface area contributed by atoms with Crippen LogP contribution in [0.2, 0.25) is 5.02 Å². The number of nitrogens with zero attached hydrogens (tertiary/aromatic N) is 3. The fourth-order valence-corrected chi connectivity index (χ4v) is 3.32. The standard InChI is InChI=1S/C23H16ClFN4O2/c24-19-11-6-12-20(25)18(19)13-26-27-22(30)21-16-9-4-5-10-17(16)23(31)29(28-21)14-15-7-2-1-3-8-15/h1-13H,14H2,(H,27,30)/b26-13+. The second-order valence-corrected chi connectivity index (χ2v) is 7.08. The van der Waals surface area contributed by atoms with Gasteiger partial charge in [0.15, 0.2) is 5.69 Å². The molecule has 0 bridgehead atoms. The zero-order valence-electron chi connectivity index (χ0n) is 16.1. The summed E-state index contributed by atoms with van der Waals surface area (Å²) in [6.45, 7) is 0.207. The van der Waals surface area contributed by atoms with E-state index in [4.69, 9.17) is 11.6 Å². The molecule has 154 valence electrons. The van der Waals surface area contributed by atoms with Crippen LogP contribution >= 0.6 is 11.6 Å². The molecule has 0 aliphatic rings. The van der Waals surface area contributed by atoms with Crippen LogP contribution in [0.3, 0.4) is 0 Å². The van der Waals surface area contributed by atoms with E-state index in [9.17, 15) is 14.0 Å². The minimum Gasteiger partial charge on any atom is -0.267 e. The highest BCUT2D eigenvalue weighted by atomic mass is 35.5. The molecule has 0 saturated heterocycles. The number of benzene rings is 3. The minimum absolute atomic E-state index is 0.0305. The molecule has 0 radical (unpaired) electrons. The molecular formula is C23H16ClFN4O2. The molecule has 0 atom stereocenters. The summed E-state index contributed by atoms with van der Waals surface area (Å²) in [4.78, 5) is 25.7.